The number of halogens is 2. The molecule has 248 valence electrons. The van der Waals surface area contributed by atoms with Crippen LogP contribution in [-0.2, 0) is 22.9 Å². The van der Waals surface area contributed by atoms with E-state index in [9.17, 15) is 32.2 Å². The normalized spacial score (nSPS) is 25.7. The lowest BCUT2D eigenvalue weighted by atomic mass is 9.64. The van der Waals surface area contributed by atoms with Gasteiger partial charge < -0.3 is 10.2 Å². The Balaban J connectivity index is 1.59. The van der Waals surface area contributed by atoms with Gasteiger partial charge in [0.05, 0.1) is 18.0 Å². The summed E-state index contributed by atoms with van der Waals surface area (Å²) in [6, 6.07) is 12.5. The van der Waals surface area contributed by atoms with Crippen molar-refractivity contribution in [2.24, 2.45) is 5.41 Å². The first-order chi connectivity index (χ1) is 21.7. The highest BCUT2D eigenvalue weighted by molar-refractivity contribution is 7.88. The molecule has 1 heterocycles. The number of allylic oxidation sites excluding steroid dienone is 2. The van der Waals surface area contributed by atoms with Gasteiger partial charge in [-0.15, -0.1) is 11.3 Å². The van der Waals surface area contributed by atoms with E-state index in [1.54, 1.807) is 17.4 Å². The monoisotopic (exact) mass is 671 g/mol. The molecule has 6 nitrogen and oxygen atoms in total. The molecule has 4 atom stereocenters. The molecule has 3 aromatic rings. The highest BCUT2D eigenvalue weighted by atomic mass is 32.2. The molecule has 0 spiro atoms. The zero-order valence-electron chi connectivity index (χ0n) is 26.6. The van der Waals surface area contributed by atoms with Gasteiger partial charge in [-0.3, -0.25) is 4.79 Å². The van der Waals surface area contributed by atoms with Crippen molar-refractivity contribution in [2.75, 3.05) is 19.3 Å². The van der Waals surface area contributed by atoms with Crippen LogP contribution in [0.15, 0.2) is 65.6 Å². The van der Waals surface area contributed by atoms with Crippen LogP contribution in [0.3, 0.4) is 0 Å². The molecule has 1 aromatic heterocycles. The number of aliphatic hydroxyl groups excluding tert-OH is 1. The minimum atomic E-state index is -3.66. The SMILES string of the molecule is CC1=CCCC2(C)C(CCC2(O)CN(CCc2cccs2)S(C)(=O)=O)c2ccc(cc2C(=O)c2ccc(F)c(F)c2)CC(O)CC1. The zero-order valence-corrected chi connectivity index (χ0v) is 28.3. The van der Waals surface area contributed by atoms with E-state index in [1.807, 2.05) is 43.5 Å². The topological polar surface area (TPSA) is 94.9 Å². The van der Waals surface area contributed by atoms with Gasteiger partial charge in [-0.2, -0.15) is 4.31 Å². The van der Waals surface area contributed by atoms with E-state index in [2.05, 4.69) is 6.08 Å². The van der Waals surface area contributed by atoms with Gasteiger partial charge >= 0.3 is 0 Å². The van der Waals surface area contributed by atoms with Crippen LogP contribution in [0.5, 0.6) is 0 Å². The van der Waals surface area contributed by atoms with Crippen molar-refractivity contribution < 1.29 is 32.2 Å². The third-order valence-corrected chi connectivity index (χ3v) is 12.4. The first-order valence-electron chi connectivity index (χ1n) is 15.9. The lowest BCUT2D eigenvalue weighted by Gasteiger charge is -2.45. The van der Waals surface area contributed by atoms with Gasteiger partial charge in [0.1, 0.15) is 0 Å². The molecule has 6 rings (SSSR count). The van der Waals surface area contributed by atoms with Gasteiger partial charge in [0.25, 0.3) is 0 Å². The van der Waals surface area contributed by atoms with Gasteiger partial charge in [-0.1, -0.05) is 36.8 Å². The van der Waals surface area contributed by atoms with Crippen LogP contribution >= 0.6 is 11.3 Å². The third-order valence-electron chi connectivity index (χ3n) is 10.2. The molecule has 1 fully saturated rings. The fraction of sp³-hybridized carbons (Fsp3) is 0.472. The summed E-state index contributed by atoms with van der Waals surface area (Å²) in [5.41, 5.74) is 0.619. The molecule has 0 radical (unpaired) electrons. The Bertz CT molecular complexity index is 1710. The van der Waals surface area contributed by atoms with E-state index in [4.69, 9.17) is 0 Å². The molecule has 1 saturated carbocycles. The summed E-state index contributed by atoms with van der Waals surface area (Å²) in [6.45, 7) is 4.17. The van der Waals surface area contributed by atoms with Crippen LogP contribution in [0.25, 0.3) is 0 Å². The minimum absolute atomic E-state index is 0.00399. The number of nitrogens with zero attached hydrogens (tertiary/aromatic N) is 1. The summed E-state index contributed by atoms with van der Waals surface area (Å²) in [5, 5.41) is 25.3. The fourth-order valence-electron chi connectivity index (χ4n) is 7.33. The number of ketones is 1. The summed E-state index contributed by atoms with van der Waals surface area (Å²) in [4.78, 5) is 15.1. The molecular formula is C36H43F2NO5S2. The quantitative estimate of drug-likeness (QED) is 0.203. The molecular weight excluding hydrogens is 629 g/mol. The maximum atomic E-state index is 14.3. The molecule has 3 aliphatic rings. The van der Waals surface area contributed by atoms with E-state index in [1.165, 1.54) is 16.6 Å². The van der Waals surface area contributed by atoms with Crippen molar-refractivity contribution in [3.63, 3.8) is 0 Å². The van der Waals surface area contributed by atoms with Crippen molar-refractivity contribution in [3.8, 4) is 0 Å². The van der Waals surface area contributed by atoms with Crippen molar-refractivity contribution in [3.05, 3.63) is 104 Å². The number of aliphatic hydroxyl groups is 2. The third kappa shape index (κ3) is 7.36. The Labute approximate surface area is 274 Å². The van der Waals surface area contributed by atoms with Gasteiger partial charge in [0.2, 0.25) is 10.0 Å². The van der Waals surface area contributed by atoms with E-state index >= 15 is 0 Å². The first-order valence-corrected chi connectivity index (χ1v) is 18.6. The zero-order chi connectivity index (χ0) is 33.3. The predicted molar refractivity (Wildman–Crippen MR) is 178 cm³/mol. The van der Waals surface area contributed by atoms with Crippen LogP contribution in [-0.4, -0.2) is 59.8 Å². The molecule has 2 aromatic carbocycles. The average Bonchev–Trinajstić information content (AvgIpc) is 3.60. The van der Waals surface area contributed by atoms with Crippen molar-refractivity contribution in [2.45, 2.75) is 82.8 Å². The van der Waals surface area contributed by atoms with Gasteiger partial charge in [0.15, 0.2) is 17.4 Å². The Morgan fingerprint density at radius 2 is 1.87 bits per heavy atom. The summed E-state index contributed by atoms with van der Waals surface area (Å²) in [5.74, 6) is -2.98. The Morgan fingerprint density at radius 3 is 2.57 bits per heavy atom. The molecule has 0 amide bonds. The van der Waals surface area contributed by atoms with Crippen LogP contribution in [0.2, 0.25) is 0 Å². The van der Waals surface area contributed by atoms with Gasteiger partial charge in [-0.05, 0) is 111 Å². The predicted octanol–water partition coefficient (Wildman–Crippen LogP) is 6.80. The lowest BCUT2D eigenvalue weighted by Crippen LogP contribution is -2.54. The molecule has 0 aliphatic heterocycles. The Kier molecular flexibility index (Phi) is 10.3. The fourth-order valence-corrected chi connectivity index (χ4v) is 8.90. The van der Waals surface area contributed by atoms with E-state index in [0.717, 1.165) is 28.1 Å². The maximum absolute atomic E-state index is 14.3. The number of thiophene rings is 1. The lowest BCUT2D eigenvalue weighted by molar-refractivity contribution is -0.0722. The molecule has 4 unspecified atom stereocenters. The second kappa shape index (κ2) is 13.8. The van der Waals surface area contributed by atoms with Gasteiger partial charge in [-0.25, -0.2) is 17.2 Å². The number of hydrogen-bond donors (Lipinski definition) is 2. The summed E-state index contributed by atoms with van der Waals surface area (Å²) >= 11 is 1.56. The second-order valence-electron chi connectivity index (χ2n) is 13.3. The van der Waals surface area contributed by atoms with E-state index in [-0.39, 0.29) is 24.6 Å². The summed E-state index contributed by atoms with van der Waals surface area (Å²) in [7, 11) is -3.66. The number of benzene rings is 2. The molecule has 2 bridgehead atoms. The number of carbonyl (C=O) groups excluding carboxylic acids is 1. The summed E-state index contributed by atoms with van der Waals surface area (Å²) < 4.78 is 55.6. The van der Waals surface area contributed by atoms with Crippen molar-refractivity contribution >= 4 is 27.1 Å². The van der Waals surface area contributed by atoms with Crippen LogP contribution in [0.1, 0.15) is 90.2 Å². The Morgan fingerprint density at radius 1 is 1.09 bits per heavy atom. The minimum Gasteiger partial charge on any atom is -0.393 e. The first kappa shape index (κ1) is 34.6. The Hall–Kier alpha value is -2.76. The van der Waals surface area contributed by atoms with Crippen LogP contribution in [0.4, 0.5) is 8.78 Å². The van der Waals surface area contributed by atoms with Gasteiger partial charge in [0, 0.05) is 34.5 Å². The maximum Gasteiger partial charge on any atom is 0.211 e. The largest absolute Gasteiger partial charge is 0.393 e. The highest BCUT2D eigenvalue weighted by Gasteiger charge is 2.57. The van der Waals surface area contributed by atoms with Crippen molar-refractivity contribution in [1.29, 1.82) is 0 Å². The molecule has 46 heavy (non-hydrogen) atoms. The number of rotatable bonds is 8. The number of sulfonamides is 1. The van der Waals surface area contributed by atoms with Crippen LogP contribution in [0, 0.1) is 17.0 Å². The second-order valence-corrected chi connectivity index (χ2v) is 16.3. The molecule has 2 N–H and O–H groups in total. The average molecular weight is 672 g/mol. The summed E-state index contributed by atoms with van der Waals surface area (Å²) in [6.07, 6.45) is 6.72. The standard InChI is InChI=1S/C36H43F2NO5S2/c1-24-6-4-16-35(2)31(14-17-36(35,42)23-39(46(3,43)44)18-15-28-7-5-19-45-28)29-12-9-25(20-27(40)11-8-24)21-30(29)34(41)26-10-13-32(37)33(38)22-26/h5-7,9-10,12-13,19,21-22,27,31,40,42H,4,8,11,14-18,20,23H2,1-3H3. The smallest absolute Gasteiger partial charge is 0.211 e. The molecule has 0 saturated heterocycles. The highest BCUT2D eigenvalue weighted by Crippen LogP contribution is 2.59. The van der Waals surface area contributed by atoms with E-state index < -0.39 is 44.6 Å². The van der Waals surface area contributed by atoms with Crippen molar-refractivity contribution in [1.82, 2.24) is 4.31 Å². The molecule has 3 aliphatic carbocycles. The number of fused-ring (bicyclic) bond motifs is 8. The number of carbonyl (C=O) groups is 1. The molecule has 10 heteroatoms. The van der Waals surface area contributed by atoms with Crippen LogP contribution < -0.4 is 0 Å². The number of hydrogen-bond acceptors (Lipinski definition) is 6. The van der Waals surface area contributed by atoms with E-state index in [0.29, 0.717) is 62.5 Å².